The van der Waals surface area contributed by atoms with Crippen molar-refractivity contribution in [2.45, 2.75) is 25.8 Å². The molecule has 1 heterocycles. The van der Waals surface area contributed by atoms with Crippen molar-refractivity contribution in [3.8, 4) is 0 Å². The van der Waals surface area contributed by atoms with E-state index in [1.54, 1.807) is 0 Å². The normalized spacial score (nSPS) is 20.2. The van der Waals surface area contributed by atoms with Gasteiger partial charge in [-0.1, -0.05) is 24.3 Å². The molecule has 0 radical (unpaired) electrons. The van der Waals surface area contributed by atoms with Crippen LogP contribution in [0.4, 0.5) is 0 Å². The predicted molar refractivity (Wildman–Crippen MR) is 80.0 cm³/mol. The largest absolute Gasteiger partial charge is 0.480 e. The van der Waals surface area contributed by atoms with E-state index in [0.29, 0.717) is 25.1 Å². The minimum atomic E-state index is -0.943. The molecule has 1 saturated heterocycles. The lowest BCUT2D eigenvalue weighted by molar-refractivity contribution is -0.148. The second-order valence-electron chi connectivity index (χ2n) is 5.28. The highest BCUT2D eigenvalue weighted by Gasteiger charge is 2.37. The Labute approximate surface area is 124 Å². The summed E-state index contributed by atoms with van der Waals surface area (Å²) in [7, 11) is 0. The van der Waals surface area contributed by atoms with Crippen molar-refractivity contribution in [2.24, 2.45) is 5.92 Å². The molecule has 1 aliphatic rings. The fourth-order valence-corrected chi connectivity index (χ4v) is 2.85. The number of thiol groups is 1. The Morgan fingerprint density at radius 2 is 2.20 bits per heavy atom. The third-order valence-electron chi connectivity index (χ3n) is 3.83. The Hall–Kier alpha value is -1.49. The number of likely N-dealkylation sites (tertiary alicyclic amines) is 1. The summed E-state index contributed by atoms with van der Waals surface area (Å²) < 4.78 is 0. The summed E-state index contributed by atoms with van der Waals surface area (Å²) in [5.74, 6) is -0.255. The average Bonchev–Trinajstić information content (AvgIpc) is 2.78. The lowest BCUT2D eigenvalue weighted by Crippen LogP contribution is -2.43. The second-order valence-corrected chi connectivity index (χ2v) is 5.65. The van der Waals surface area contributed by atoms with Gasteiger partial charge in [-0.2, -0.15) is 12.6 Å². The summed E-state index contributed by atoms with van der Waals surface area (Å²) >= 11 is 4.21. The fourth-order valence-electron chi connectivity index (χ4n) is 2.61. The Kier molecular flexibility index (Phi) is 4.70. The van der Waals surface area contributed by atoms with E-state index in [9.17, 15) is 14.7 Å². The van der Waals surface area contributed by atoms with Gasteiger partial charge in [0.1, 0.15) is 6.04 Å². The summed E-state index contributed by atoms with van der Waals surface area (Å²) in [6.07, 6.45) is 0.758. The number of hydrogen-bond acceptors (Lipinski definition) is 3. The van der Waals surface area contributed by atoms with Crippen molar-refractivity contribution < 1.29 is 14.7 Å². The first kappa shape index (κ1) is 14.9. The summed E-state index contributed by atoms with van der Waals surface area (Å²) in [4.78, 5) is 25.0. The Morgan fingerprint density at radius 1 is 1.50 bits per heavy atom. The van der Waals surface area contributed by atoms with Crippen LogP contribution in [0.15, 0.2) is 24.3 Å². The number of nitrogens with zero attached hydrogens (tertiary/aromatic N) is 1. The minimum Gasteiger partial charge on any atom is -0.480 e. The van der Waals surface area contributed by atoms with E-state index < -0.39 is 12.0 Å². The lowest BCUT2D eigenvalue weighted by Gasteiger charge is -2.25. The monoisotopic (exact) mass is 293 g/mol. The van der Waals surface area contributed by atoms with E-state index in [4.69, 9.17) is 0 Å². The van der Waals surface area contributed by atoms with Crippen LogP contribution in [0.5, 0.6) is 0 Å². The molecule has 0 aromatic heterocycles. The van der Waals surface area contributed by atoms with Crippen LogP contribution in [0.25, 0.3) is 0 Å². The molecular formula is C15H19NO3S. The lowest BCUT2D eigenvalue weighted by atomic mass is 10.0. The van der Waals surface area contributed by atoms with Crippen LogP contribution >= 0.6 is 12.6 Å². The maximum atomic E-state index is 12.0. The van der Waals surface area contributed by atoms with Gasteiger partial charge in [0.15, 0.2) is 0 Å². The summed E-state index contributed by atoms with van der Waals surface area (Å²) in [5, 5.41) is 9.45. The Bertz CT molecular complexity index is 518. The molecule has 1 aromatic carbocycles. The van der Waals surface area contributed by atoms with Gasteiger partial charge in [0.05, 0.1) is 0 Å². The molecule has 1 N–H and O–H groups in total. The highest BCUT2D eigenvalue weighted by Crippen LogP contribution is 2.23. The number of carboxylic acids is 1. The van der Waals surface area contributed by atoms with Crippen LogP contribution in [0, 0.1) is 12.8 Å². The Balaban J connectivity index is 2.18. The molecular weight excluding hydrogens is 274 g/mol. The van der Waals surface area contributed by atoms with Gasteiger partial charge in [-0.25, -0.2) is 4.79 Å². The topological polar surface area (TPSA) is 57.6 Å². The molecule has 4 nitrogen and oxygen atoms in total. The number of amides is 1. The molecule has 1 aromatic rings. The molecule has 0 aliphatic carbocycles. The minimum absolute atomic E-state index is 0.0787. The predicted octanol–water partition coefficient (Wildman–Crippen LogP) is 1.77. The van der Waals surface area contributed by atoms with E-state index in [2.05, 4.69) is 12.6 Å². The van der Waals surface area contributed by atoms with Crippen LogP contribution in [-0.4, -0.2) is 40.2 Å². The van der Waals surface area contributed by atoms with Gasteiger partial charge in [0.25, 0.3) is 0 Å². The molecule has 1 unspecified atom stereocenters. The van der Waals surface area contributed by atoms with Gasteiger partial charge in [-0.05, 0) is 29.7 Å². The van der Waals surface area contributed by atoms with Crippen LogP contribution in [0.3, 0.4) is 0 Å². The second kappa shape index (κ2) is 6.31. The van der Waals surface area contributed by atoms with E-state index >= 15 is 0 Å². The maximum Gasteiger partial charge on any atom is 0.326 e. The summed E-state index contributed by atoms with van der Waals surface area (Å²) in [6, 6.07) is 6.91. The number of carboxylic acid groups (broad SMARTS) is 1. The molecule has 2 atom stereocenters. The zero-order chi connectivity index (χ0) is 14.7. The molecule has 0 saturated carbocycles. The van der Waals surface area contributed by atoms with Gasteiger partial charge in [-0.3, -0.25) is 4.79 Å². The molecule has 1 amide bonds. The van der Waals surface area contributed by atoms with Crippen molar-refractivity contribution in [1.29, 1.82) is 0 Å². The van der Waals surface area contributed by atoms with Gasteiger partial charge >= 0.3 is 5.97 Å². The zero-order valence-corrected chi connectivity index (χ0v) is 12.3. The maximum absolute atomic E-state index is 12.0. The number of carbonyl (C=O) groups excluding carboxylic acids is 1. The third kappa shape index (κ3) is 3.15. The van der Waals surface area contributed by atoms with Crippen LogP contribution in [-0.2, 0) is 16.0 Å². The number of hydrogen-bond donors (Lipinski definition) is 2. The van der Waals surface area contributed by atoms with E-state index in [1.165, 1.54) is 4.90 Å². The first-order valence-corrected chi connectivity index (χ1v) is 7.33. The van der Waals surface area contributed by atoms with E-state index in [0.717, 1.165) is 11.1 Å². The fraction of sp³-hybridized carbons (Fsp3) is 0.467. The standard InChI is InChI=1S/C15H19NO3S/c1-10-4-2-3-5-12(10)7-13(15(18)19)16-8-11(9-20)6-14(16)17/h2-5,11,13,20H,6-9H2,1H3,(H,18,19)/t11?,13-/m0/s1. The SMILES string of the molecule is Cc1ccccc1C[C@@H](C(=O)O)N1CC(CS)CC1=O. The van der Waals surface area contributed by atoms with Crippen molar-refractivity contribution in [3.63, 3.8) is 0 Å². The molecule has 2 rings (SSSR count). The van der Waals surface area contributed by atoms with Gasteiger partial charge in [0, 0.05) is 19.4 Å². The molecule has 108 valence electrons. The van der Waals surface area contributed by atoms with E-state index in [1.807, 2.05) is 31.2 Å². The van der Waals surface area contributed by atoms with Gasteiger partial charge in [0.2, 0.25) is 5.91 Å². The van der Waals surface area contributed by atoms with Crippen molar-refractivity contribution in [1.82, 2.24) is 4.90 Å². The number of aliphatic carboxylic acids is 1. The van der Waals surface area contributed by atoms with Gasteiger partial charge < -0.3 is 10.0 Å². The third-order valence-corrected chi connectivity index (χ3v) is 4.35. The first-order valence-electron chi connectivity index (χ1n) is 6.70. The Morgan fingerprint density at radius 3 is 2.75 bits per heavy atom. The summed E-state index contributed by atoms with van der Waals surface area (Å²) in [5.41, 5.74) is 2.03. The number of rotatable bonds is 5. The molecule has 0 bridgehead atoms. The number of carbonyl (C=O) groups is 2. The molecule has 0 spiro atoms. The van der Waals surface area contributed by atoms with Crippen LogP contribution < -0.4 is 0 Å². The van der Waals surface area contributed by atoms with Crippen LogP contribution in [0.1, 0.15) is 17.5 Å². The average molecular weight is 293 g/mol. The smallest absolute Gasteiger partial charge is 0.326 e. The highest BCUT2D eigenvalue weighted by molar-refractivity contribution is 7.80. The highest BCUT2D eigenvalue weighted by atomic mass is 32.1. The van der Waals surface area contributed by atoms with E-state index in [-0.39, 0.29) is 11.8 Å². The zero-order valence-electron chi connectivity index (χ0n) is 11.5. The number of benzene rings is 1. The molecule has 1 fully saturated rings. The van der Waals surface area contributed by atoms with Gasteiger partial charge in [-0.15, -0.1) is 0 Å². The van der Waals surface area contributed by atoms with Crippen molar-refractivity contribution >= 4 is 24.5 Å². The van der Waals surface area contributed by atoms with Crippen molar-refractivity contribution in [3.05, 3.63) is 35.4 Å². The molecule has 20 heavy (non-hydrogen) atoms. The van der Waals surface area contributed by atoms with Crippen LogP contribution in [0.2, 0.25) is 0 Å². The quantitative estimate of drug-likeness (QED) is 0.814. The summed E-state index contributed by atoms with van der Waals surface area (Å²) in [6.45, 7) is 2.45. The molecule has 5 heteroatoms. The first-order chi connectivity index (χ1) is 9.52. The number of aryl methyl sites for hydroxylation is 1. The molecule has 1 aliphatic heterocycles. The van der Waals surface area contributed by atoms with Crippen molar-refractivity contribution in [2.75, 3.05) is 12.3 Å².